The van der Waals surface area contributed by atoms with Gasteiger partial charge in [0.05, 0.1) is 6.61 Å². The Kier molecular flexibility index (Phi) is 7.23. The van der Waals surface area contributed by atoms with Gasteiger partial charge >= 0.3 is 18.2 Å². The molecule has 0 aliphatic carbocycles. The number of Topliss-reactive ketones (excluding diaryl/α,β-unsaturated/α-hetero) is 1. The normalized spacial score (nSPS) is 17.0. The molecule has 0 unspecified atom stereocenters. The van der Waals surface area contributed by atoms with Crippen molar-refractivity contribution in [1.29, 1.82) is 0 Å². The van der Waals surface area contributed by atoms with Crippen LogP contribution in [0.5, 0.6) is 0 Å². The smallest absolute Gasteiger partial charge is 0.455 e. The molecule has 0 N–H and O–H groups in total. The molecule has 6 nitrogen and oxygen atoms in total. The lowest BCUT2D eigenvalue weighted by Gasteiger charge is -2.32. The van der Waals surface area contributed by atoms with E-state index in [2.05, 4.69) is 4.74 Å². The fourth-order valence-electron chi connectivity index (χ4n) is 2.41. The molecule has 0 saturated carbocycles. The number of ketones is 1. The highest BCUT2D eigenvalue weighted by Gasteiger charge is 2.44. The molecule has 0 aromatic heterocycles. The zero-order chi connectivity index (χ0) is 20.1. The third kappa shape index (κ3) is 6.68. The van der Waals surface area contributed by atoms with Gasteiger partial charge in [-0.3, -0.25) is 4.79 Å². The molecular formula is C17H24F3NO5. The van der Waals surface area contributed by atoms with Gasteiger partial charge in [0.15, 0.2) is 0 Å². The van der Waals surface area contributed by atoms with Crippen LogP contribution in [0.25, 0.3) is 0 Å². The van der Waals surface area contributed by atoms with E-state index >= 15 is 0 Å². The fraction of sp³-hybridized carbons (Fsp3) is 0.706. The van der Waals surface area contributed by atoms with Gasteiger partial charge in [0.2, 0.25) is 0 Å². The van der Waals surface area contributed by atoms with Crippen molar-refractivity contribution in [3.05, 3.63) is 11.6 Å². The molecule has 0 aromatic carbocycles. The Bertz CT molecular complexity index is 570. The number of esters is 1. The van der Waals surface area contributed by atoms with Gasteiger partial charge in [-0.25, -0.2) is 9.59 Å². The van der Waals surface area contributed by atoms with E-state index in [1.54, 1.807) is 20.8 Å². The quantitative estimate of drug-likeness (QED) is 0.324. The number of likely N-dealkylation sites (tertiary alicyclic amines) is 1. The van der Waals surface area contributed by atoms with E-state index in [0.29, 0.717) is 12.8 Å². The number of halogens is 3. The Morgan fingerprint density at radius 2 is 1.65 bits per heavy atom. The molecule has 1 amide bonds. The number of piperidine rings is 1. The molecular weight excluding hydrogens is 355 g/mol. The first-order valence-electron chi connectivity index (χ1n) is 8.33. The summed E-state index contributed by atoms with van der Waals surface area (Å²) in [6, 6.07) is 0. The molecule has 0 aromatic rings. The molecule has 1 fully saturated rings. The second-order valence-corrected chi connectivity index (χ2v) is 6.93. The summed E-state index contributed by atoms with van der Waals surface area (Å²) in [6.45, 7) is 7.00. The Morgan fingerprint density at radius 1 is 1.12 bits per heavy atom. The van der Waals surface area contributed by atoms with Crippen LogP contribution in [0.4, 0.5) is 18.0 Å². The predicted molar refractivity (Wildman–Crippen MR) is 86.3 cm³/mol. The number of allylic oxidation sites excluding steroid dienone is 1. The Labute approximate surface area is 150 Å². The van der Waals surface area contributed by atoms with E-state index in [0.717, 1.165) is 6.08 Å². The molecule has 148 valence electrons. The average Bonchev–Trinajstić information content (AvgIpc) is 2.50. The van der Waals surface area contributed by atoms with E-state index in [9.17, 15) is 27.6 Å². The summed E-state index contributed by atoms with van der Waals surface area (Å²) < 4.78 is 47.9. The van der Waals surface area contributed by atoms with Crippen molar-refractivity contribution in [1.82, 2.24) is 4.90 Å². The van der Waals surface area contributed by atoms with Crippen molar-refractivity contribution in [2.24, 2.45) is 5.92 Å². The summed E-state index contributed by atoms with van der Waals surface area (Å²) in [5, 5.41) is 0. The summed E-state index contributed by atoms with van der Waals surface area (Å²) in [6.07, 6.45) is -4.02. The molecule has 0 atom stereocenters. The third-order valence-corrected chi connectivity index (χ3v) is 3.59. The number of carbonyl (C=O) groups excluding carboxylic acids is 3. The highest BCUT2D eigenvalue weighted by atomic mass is 19.4. The fourth-order valence-corrected chi connectivity index (χ4v) is 2.41. The van der Waals surface area contributed by atoms with E-state index in [1.807, 2.05) is 0 Å². The standard InChI is InChI=1S/C17H24F3NO5/c1-5-25-14(23)12(13(22)17(18,19)20)10-11-6-8-21(9-7-11)15(24)26-16(2,3)4/h10-11H,5-9H2,1-4H3. The Hall–Kier alpha value is -2.06. The van der Waals surface area contributed by atoms with E-state index in [4.69, 9.17) is 4.74 Å². The monoisotopic (exact) mass is 379 g/mol. The first-order valence-corrected chi connectivity index (χ1v) is 8.33. The van der Waals surface area contributed by atoms with Gasteiger partial charge in [-0.15, -0.1) is 0 Å². The van der Waals surface area contributed by atoms with Crippen molar-refractivity contribution < 1.29 is 37.0 Å². The lowest BCUT2D eigenvalue weighted by Crippen LogP contribution is -2.41. The Morgan fingerprint density at radius 3 is 2.08 bits per heavy atom. The number of hydrogen-bond donors (Lipinski definition) is 0. The number of ether oxygens (including phenoxy) is 2. The highest BCUT2D eigenvalue weighted by Crippen LogP contribution is 2.26. The van der Waals surface area contributed by atoms with Crippen LogP contribution in [0.2, 0.25) is 0 Å². The van der Waals surface area contributed by atoms with Crippen LogP contribution >= 0.6 is 0 Å². The van der Waals surface area contributed by atoms with Crippen LogP contribution in [-0.2, 0) is 19.1 Å². The maximum absolute atomic E-state index is 12.7. The van der Waals surface area contributed by atoms with Crippen LogP contribution in [0.15, 0.2) is 11.6 Å². The van der Waals surface area contributed by atoms with Gasteiger partial charge in [0.1, 0.15) is 11.2 Å². The molecule has 0 radical (unpaired) electrons. The minimum atomic E-state index is -5.16. The summed E-state index contributed by atoms with van der Waals surface area (Å²) in [5.74, 6) is -3.95. The molecule has 0 bridgehead atoms. The number of rotatable bonds is 4. The van der Waals surface area contributed by atoms with Crippen LogP contribution in [0.1, 0.15) is 40.5 Å². The zero-order valence-corrected chi connectivity index (χ0v) is 15.3. The SMILES string of the molecule is CCOC(=O)C(=CC1CCN(C(=O)OC(C)(C)C)CC1)C(=O)C(F)(F)F. The van der Waals surface area contributed by atoms with Crippen LogP contribution in [0, 0.1) is 5.92 Å². The summed E-state index contributed by atoms with van der Waals surface area (Å²) in [4.78, 5) is 36.7. The van der Waals surface area contributed by atoms with Crippen molar-refractivity contribution in [2.75, 3.05) is 19.7 Å². The molecule has 1 aliphatic rings. The molecule has 1 saturated heterocycles. The molecule has 1 heterocycles. The van der Waals surface area contributed by atoms with Crippen molar-refractivity contribution >= 4 is 17.8 Å². The van der Waals surface area contributed by atoms with Gasteiger partial charge in [0, 0.05) is 13.1 Å². The lowest BCUT2D eigenvalue weighted by molar-refractivity contribution is -0.168. The number of hydrogen-bond acceptors (Lipinski definition) is 5. The minimum Gasteiger partial charge on any atom is -0.462 e. The number of carbonyl (C=O) groups is 3. The van der Waals surface area contributed by atoms with Crippen LogP contribution < -0.4 is 0 Å². The second-order valence-electron chi connectivity index (χ2n) is 6.93. The number of alkyl halides is 3. The van der Waals surface area contributed by atoms with Gasteiger partial charge in [0.25, 0.3) is 5.78 Å². The Balaban J connectivity index is 2.82. The van der Waals surface area contributed by atoms with Crippen molar-refractivity contribution in [3.63, 3.8) is 0 Å². The molecule has 1 rings (SSSR count). The molecule has 26 heavy (non-hydrogen) atoms. The maximum Gasteiger partial charge on any atom is 0.455 e. The average molecular weight is 379 g/mol. The predicted octanol–water partition coefficient (Wildman–Crippen LogP) is 3.25. The minimum absolute atomic E-state index is 0.140. The van der Waals surface area contributed by atoms with Crippen LogP contribution in [-0.4, -0.2) is 54.2 Å². The maximum atomic E-state index is 12.7. The topological polar surface area (TPSA) is 72.9 Å². The summed E-state index contributed by atoms with van der Waals surface area (Å²) >= 11 is 0. The van der Waals surface area contributed by atoms with Crippen molar-refractivity contribution in [2.45, 2.75) is 52.3 Å². The van der Waals surface area contributed by atoms with Crippen molar-refractivity contribution in [3.8, 4) is 0 Å². The van der Waals surface area contributed by atoms with Crippen LogP contribution in [0.3, 0.4) is 0 Å². The zero-order valence-electron chi connectivity index (χ0n) is 15.3. The summed E-state index contributed by atoms with van der Waals surface area (Å²) in [7, 11) is 0. The highest BCUT2D eigenvalue weighted by molar-refractivity contribution is 6.19. The van der Waals surface area contributed by atoms with Gasteiger partial charge in [-0.2, -0.15) is 13.2 Å². The number of amides is 1. The molecule has 9 heteroatoms. The largest absolute Gasteiger partial charge is 0.462 e. The van der Waals surface area contributed by atoms with Gasteiger partial charge in [-0.05, 0) is 46.5 Å². The second kappa shape index (κ2) is 8.55. The van der Waals surface area contributed by atoms with Gasteiger partial charge in [-0.1, -0.05) is 6.08 Å². The van der Waals surface area contributed by atoms with E-state index in [-0.39, 0.29) is 19.7 Å². The first kappa shape index (κ1) is 22.0. The van der Waals surface area contributed by atoms with Gasteiger partial charge < -0.3 is 14.4 Å². The first-order chi connectivity index (χ1) is 11.8. The van der Waals surface area contributed by atoms with E-state index in [1.165, 1.54) is 11.8 Å². The molecule has 1 aliphatic heterocycles. The summed E-state index contributed by atoms with van der Waals surface area (Å²) in [5.41, 5.74) is -1.65. The van der Waals surface area contributed by atoms with E-state index < -0.39 is 41.1 Å². The third-order valence-electron chi connectivity index (χ3n) is 3.59. The lowest BCUT2D eigenvalue weighted by atomic mass is 9.93. The number of nitrogens with zero attached hydrogens (tertiary/aromatic N) is 1. The molecule has 0 spiro atoms.